The smallest absolute Gasteiger partial charge is 0.163 e. The summed E-state index contributed by atoms with van der Waals surface area (Å²) >= 11 is 0. The Morgan fingerprint density at radius 2 is 2.08 bits per heavy atom. The second kappa shape index (κ2) is 3.90. The van der Waals surface area contributed by atoms with Crippen molar-refractivity contribution in [1.29, 1.82) is 0 Å². The quantitative estimate of drug-likeness (QED) is 0.745. The highest BCUT2D eigenvalue weighted by Crippen LogP contribution is 2.22. The Bertz CT molecular complexity index is 336. The Labute approximate surface area is 83.5 Å². The van der Waals surface area contributed by atoms with Crippen LogP contribution in [0.4, 0.5) is 0 Å². The van der Waals surface area contributed by atoms with Crippen LogP contribution < -0.4 is 5.73 Å². The van der Waals surface area contributed by atoms with Crippen molar-refractivity contribution in [3.8, 4) is 0 Å². The molecule has 1 aromatic carbocycles. The van der Waals surface area contributed by atoms with Crippen molar-refractivity contribution >= 4 is 18.2 Å². The predicted octanol–water partition coefficient (Wildman–Crippen LogP) is 1.70. The number of aryl methyl sites for hydroxylation is 1. The minimum atomic E-state index is 0. The first kappa shape index (κ1) is 10.2. The molecule has 13 heavy (non-hydrogen) atoms. The Kier molecular flexibility index (Phi) is 3.07. The number of hydrogen-bond acceptors (Lipinski definition) is 2. The highest BCUT2D eigenvalue weighted by atomic mass is 35.5. The number of halogens is 1. The van der Waals surface area contributed by atoms with Gasteiger partial charge in [0.2, 0.25) is 0 Å². The van der Waals surface area contributed by atoms with Gasteiger partial charge in [-0.15, -0.1) is 12.4 Å². The van der Waals surface area contributed by atoms with E-state index >= 15 is 0 Å². The first-order valence-corrected chi connectivity index (χ1v) is 4.16. The molecule has 0 fully saturated rings. The van der Waals surface area contributed by atoms with Gasteiger partial charge in [0.05, 0.1) is 0 Å². The van der Waals surface area contributed by atoms with Gasteiger partial charge in [0.1, 0.15) is 0 Å². The van der Waals surface area contributed by atoms with E-state index < -0.39 is 0 Å². The van der Waals surface area contributed by atoms with Gasteiger partial charge in [0.15, 0.2) is 5.78 Å². The van der Waals surface area contributed by atoms with Gasteiger partial charge < -0.3 is 5.73 Å². The van der Waals surface area contributed by atoms with Crippen molar-refractivity contribution in [1.82, 2.24) is 0 Å². The molecule has 0 aliphatic heterocycles. The average molecular weight is 198 g/mol. The molecular weight excluding hydrogens is 186 g/mol. The number of carbonyl (C=O) groups is 1. The van der Waals surface area contributed by atoms with Gasteiger partial charge in [-0.1, -0.05) is 18.2 Å². The zero-order chi connectivity index (χ0) is 8.55. The third kappa shape index (κ3) is 1.74. The van der Waals surface area contributed by atoms with E-state index in [2.05, 4.69) is 0 Å². The second-order valence-electron chi connectivity index (χ2n) is 3.12. The molecule has 0 aromatic heterocycles. The van der Waals surface area contributed by atoms with Gasteiger partial charge in [-0.2, -0.15) is 0 Å². The summed E-state index contributed by atoms with van der Waals surface area (Å²) < 4.78 is 0. The molecule has 0 spiro atoms. The second-order valence-corrected chi connectivity index (χ2v) is 3.12. The molecule has 0 atom stereocenters. The first-order valence-electron chi connectivity index (χ1n) is 4.16. The summed E-state index contributed by atoms with van der Waals surface area (Å²) in [4.78, 5) is 11.2. The fraction of sp³-hybridized carbons (Fsp3) is 0.300. The molecule has 1 aliphatic carbocycles. The fourth-order valence-corrected chi connectivity index (χ4v) is 1.64. The zero-order valence-electron chi connectivity index (χ0n) is 7.25. The van der Waals surface area contributed by atoms with E-state index in [9.17, 15) is 4.79 Å². The summed E-state index contributed by atoms with van der Waals surface area (Å²) in [6.07, 6.45) is 1.56. The van der Waals surface area contributed by atoms with E-state index in [1.54, 1.807) is 0 Å². The Morgan fingerprint density at radius 3 is 2.77 bits per heavy atom. The molecule has 0 heterocycles. The fourth-order valence-electron chi connectivity index (χ4n) is 1.64. The summed E-state index contributed by atoms with van der Waals surface area (Å²) in [6, 6.07) is 5.87. The Morgan fingerprint density at radius 1 is 1.31 bits per heavy atom. The highest BCUT2D eigenvalue weighted by molar-refractivity contribution is 6.00. The van der Waals surface area contributed by atoms with Crippen LogP contribution in [-0.2, 0) is 13.0 Å². The maximum Gasteiger partial charge on any atom is 0.163 e. The Balaban J connectivity index is 0.000000845. The summed E-state index contributed by atoms with van der Waals surface area (Å²) in [5.41, 5.74) is 8.67. The lowest BCUT2D eigenvalue weighted by Crippen LogP contribution is -1.98. The summed E-state index contributed by atoms with van der Waals surface area (Å²) in [7, 11) is 0. The molecule has 1 aromatic rings. The van der Waals surface area contributed by atoms with Crippen LogP contribution >= 0.6 is 12.4 Å². The maximum absolute atomic E-state index is 11.2. The lowest BCUT2D eigenvalue weighted by molar-refractivity contribution is 0.0994. The van der Waals surface area contributed by atoms with Crippen LogP contribution in [0.15, 0.2) is 18.2 Å². The van der Waals surface area contributed by atoms with Crippen molar-refractivity contribution in [3.63, 3.8) is 0 Å². The lowest BCUT2D eigenvalue weighted by atomic mass is 10.1. The predicted molar refractivity (Wildman–Crippen MR) is 54.2 cm³/mol. The van der Waals surface area contributed by atoms with Crippen molar-refractivity contribution in [2.75, 3.05) is 0 Å². The van der Waals surface area contributed by atoms with Crippen LogP contribution in [0.25, 0.3) is 0 Å². The van der Waals surface area contributed by atoms with Crippen molar-refractivity contribution in [2.45, 2.75) is 19.4 Å². The molecule has 0 radical (unpaired) electrons. The van der Waals surface area contributed by atoms with Crippen LogP contribution in [0.1, 0.15) is 27.9 Å². The molecule has 70 valence electrons. The number of benzene rings is 1. The van der Waals surface area contributed by atoms with Crippen molar-refractivity contribution < 1.29 is 4.79 Å². The SMILES string of the molecule is Cl.NCc1ccc2c(c1)CCC2=O. The van der Waals surface area contributed by atoms with Crippen molar-refractivity contribution in [2.24, 2.45) is 5.73 Å². The molecule has 0 saturated heterocycles. The highest BCUT2D eigenvalue weighted by Gasteiger charge is 2.18. The number of Topliss-reactive ketones (excluding diaryl/α,β-unsaturated/α-hetero) is 1. The molecular formula is C10H12ClNO. The first-order chi connectivity index (χ1) is 5.81. The molecule has 0 unspecified atom stereocenters. The zero-order valence-corrected chi connectivity index (χ0v) is 8.06. The van der Waals surface area contributed by atoms with Gasteiger partial charge in [-0.3, -0.25) is 4.79 Å². The number of fused-ring (bicyclic) bond motifs is 1. The molecule has 0 bridgehead atoms. The van der Waals surface area contributed by atoms with Crippen LogP contribution in [0.2, 0.25) is 0 Å². The molecule has 1 aliphatic rings. The van der Waals surface area contributed by atoms with Crippen LogP contribution in [0.3, 0.4) is 0 Å². The monoisotopic (exact) mass is 197 g/mol. The van der Waals surface area contributed by atoms with Crippen molar-refractivity contribution in [3.05, 3.63) is 34.9 Å². The summed E-state index contributed by atoms with van der Waals surface area (Å²) in [5, 5.41) is 0. The lowest BCUT2D eigenvalue weighted by Gasteiger charge is -2.00. The van der Waals surface area contributed by atoms with E-state index in [1.807, 2.05) is 18.2 Å². The van der Waals surface area contributed by atoms with Crippen LogP contribution in [0, 0.1) is 0 Å². The topological polar surface area (TPSA) is 43.1 Å². The van der Waals surface area contributed by atoms with Crippen LogP contribution in [0.5, 0.6) is 0 Å². The number of nitrogens with two attached hydrogens (primary N) is 1. The maximum atomic E-state index is 11.2. The van der Waals surface area contributed by atoms with E-state index in [0.717, 1.165) is 17.5 Å². The molecule has 3 heteroatoms. The van der Waals surface area contributed by atoms with E-state index in [4.69, 9.17) is 5.73 Å². The number of rotatable bonds is 1. The van der Waals surface area contributed by atoms with Gasteiger partial charge in [0.25, 0.3) is 0 Å². The van der Waals surface area contributed by atoms with E-state index in [0.29, 0.717) is 13.0 Å². The molecule has 2 nitrogen and oxygen atoms in total. The average Bonchev–Trinajstić information content (AvgIpc) is 2.47. The standard InChI is InChI=1S/C10H11NO.ClH/c11-6-7-1-3-9-8(5-7)2-4-10(9)12;/h1,3,5H,2,4,6,11H2;1H. The third-order valence-corrected chi connectivity index (χ3v) is 2.33. The number of ketones is 1. The van der Waals surface area contributed by atoms with Gasteiger partial charge >= 0.3 is 0 Å². The largest absolute Gasteiger partial charge is 0.326 e. The van der Waals surface area contributed by atoms with E-state index in [-0.39, 0.29) is 18.2 Å². The number of hydrogen-bond donors (Lipinski definition) is 1. The molecule has 0 amide bonds. The minimum Gasteiger partial charge on any atom is -0.326 e. The summed E-state index contributed by atoms with van der Waals surface area (Å²) in [6.45, 7) is 0.557. The van der Waals surface area contributed by atoms with E-state index in [1.165, 1.54) is 5.56 Å². The minimum absolute atomic E-state index is 0. The third-order valence-electron chi connectivity index (χ3n) is 2.33. The van der Waals surface area contributed by atoms with Gasteiger partial charge in [-0.25, -0.2) is 0 Å². The Hall–Kier alpha value is -0.860. The number of carbonyl (C=O) groups excluding carboxylic acids is 1. The normalized spacial score (nSPS) is 13.8. The molecule has 2 N–H and O–H groups in total. The van der Waals surface area contributed by atoms with Gasteiger partial charge in [-0.05, 0) is 17.5 Å². The molecule has 0 saturated carbocycles. The molecule has 2 rings (SSSR count). The van der Waals surface area contributed by atoms with Crippen LogP contribution in [-0.4, -0.2) is 5.78 Å². The van der Waals surface area contributed by atoms with Gasteiger partial charge in [0, 0.05) is 18.5 Å². The summed E-state index contributed by atoms with van der Waals surface area (Å²) in [5.74, 6) is 0.272.